The van der Waals surface area contributed by atoms with Crippen molar-refractivity contribution in [3.63, 3.8) is 0 Å². The lowest BCUT2D eigenvalue weighted by molar-refractivity contribution is 0.587. The minimum absolute atomic E-state index is 0.753. The lowest BCUT2D eigenvalue weighted by atomic mass is 10.00. The number of anilines is 1. The Morgan fingerprint density at radius 1 is 1.40 bits per heavy atom. The van der Waals surface area contributed by atoms with Crippen LogP contribution in [0, 0.1) is 12.8 Å². The number of rotatable bonds is 5. The van der Waals surface area contributed by atoms with Crippen LogP contribution in [0.3, 0.4) is 0 Å². The molecule has 0 aromatic heterocycles. The zero-order chi connectivity index (χ0) is 11.3. The largest absolute Gasteiger partial charge is 0.362 e. The number of aryl methyl sites for hydroxylation is 2. The van der Waals surface area contributed by atoms with Gasteiger partial charge in [0, 0.05) is 5.69 Å². The van der Waals surface area contributed by atoms with Gasteiger partial charge in [-0.2, -0.15) is 0 Å². The van der Waals surface area contributed by atoms with Gasteiger partial charge in [-0.05, 0) is 49.1 Å². The minimum atomic E-state index is 0.753. The van der Waals surface area contributed by atoms with Gasteiger partial charge in [-0.3, -0.25) is 0 Å². The predicted octanol–water partition coefficient (Wildman–Crippen LogP) is 4.14. The van der Waals surface area contributed by atoms with Crippen LogP contribution in [0.5, 0.6) is 0 Å². The SMILES string of the molecule is C=CNc1cc(C)ccc1CCC(C)C. The lowest BCUT2D eigenvalue weighted by Gasteiger charge is -2.11. The zero-order valence-electron chi connectivity index (χ0n) is 10.0. The van der Waals surface area contributed by atoms with Gasteiger partial charge in [0.05, 0.1) is 0 Å². The van der Waals surface area contributed by atoms with E-state index in [1.54, 1.807) is 6.20 Å². The maximum absolute atomic E-state index is 3.71. The molecule has 1 heteroatoms. The molecule has 0 spiro atoms. The molecule has 15 heavy (non-hydrogen) atoms. The third kappa shape index (κ3) is 3.78. The molecule has 0 radical (unpaired) electrons. The van der Waals surface area contributed by atoms with E-state index in [-0.39, 0.29) is 0 Å². The quantitative estimate of drug-likeness (QED) is 0.758. The van der Waals surface area contributed by atoms with Crippen molar-refractivity contribution in [2.75, 3.05) is 5.32 Å². The Balaban J connectivity index is 2.80. The Kier molecular flexibility index (Phi) is 4.41. The van der Waals surface area contributed by atoms with Gasteiger partial charge in [-0.1, -0.05) is 32.6 Å². The van der Waals surface area contributed by atoms with Crippen molar-refractivity contribution >= 4 is 5.69 Å². The molecule has 1 aromatic carbocycles. The van der Waals surface area contributed by atoms with Crippen LogP contribution in [0.1, 0.15) is 31.4 Å². The Labute approximate surface area is 93.2 Å². The van der Waals surface area contributed by atoms with Gasteiger partial charge in [-0.25, -0.2) is 0 Å². The van der Waals surface area contributed by atoms with Gasteiger partial charge >= 0.3 is 0 Å². The zero-order valence-corrected chi connectivity index (χ0v) is 10.0. The molecule has 1 rings (SSSR count). The molecule has 0 unspecified atom stereocenters. The van der Waals surface area contributed by atoms with Crippen molar-refractivity contribution in [1.82, 2.24) is 0 Å². The van der Waals surface area contributed by atoms with E-state index in [2.05, 4.69) is 50.9 Å². The Morgan fingerprint density at radius 3 is 2.73 bits per heavy atom. The third-order valence-corrected chi connectivity index (χ3v) is 2.51. The summed E-state index contributed by atoms with van der Waals surface area (Å²) < 4.78 is 0. The molecule has 0 atom stereocenters. The summed E-state index contributed by atoms with van der Waals surface area (Å²) in [5.74, 6) is 0.753. The fourth-order valence-corrected chi connectivity index (χ4v) is 1.60. The second-order valence-corrected chi connectivity index (χ2v) is 4.44. The number of hydrogen-bond acceptors (Lipinski definition) is 1. The Hall–Kier alpha value is -1.24. The summed E-state index contributed by atoms with van der Waals surface area (Å²) in [5.41, 5.74) is 3.87. The van der Waals surface area contributed by atoms with Crippen LogP contribution < -0.4 is 5.32 Å². The van der Waals surface area contributed by atoms with Gasteiger partial charge in [0.2, 0.25) is 0 Å². The van der Waals surface area contributed by atoms with Crippen molar-refractivity contribution in [2.45, 2.75) is 33.6 Å². The minimum Gasteiger partial charge on any atom is -0.362 e. The topological polar surface area (TPSA) is 12.0 Å². The van der Waals surface area contributed by atoms with E-state index in [0.29, 0.717) is 0 Å². The van der Waals surface area contributed by atoms with E-state index in [1.807, 2.05) is 0 Å². The van der Waals surface area contributed by atoms with Crippen molar-refractivity contribution in [3.05, 3.63) is 42.1 Å². The summed E-state index contributed by atoms with van der Waals surface area (Å²) in [7, 11) is 0. The molecule has 0 amide bonds. The predicted molar refractivity (Wildman–Crippen MR) is 68.2 cm³/mol. The van der Waals surface area contributed by atoms with Gasteiger partial charge < -0.3 is 5.32 Å². The van der Waals surface area contributed by atoms with Gasteiger partial charge in [0.1, 0.15) is 0 Å². The van der Waals surface area contributed by atoms with Crippen LogP contribution in [-0.4, -0.2) is 0 Å². The molecular formula is C14H21N. The van der Waals surface area contributed by atoms with E-state index in [4.69, 9.17) is 0 Å². The molecule has 1 nitrogen and oxygen atoms in total. The monoisotopic (exact) mass is 203 g/mol. The molecule has 0 aliphatic heterocycles. The van der Waals surface area contributed by atoms with Crippen LogP contribution in [0.15, 0.2) is 31.0 Å². The van der Waals surface area contributed by atoms with Crippen LogP contribution >= 0.6 is 0 Å². The van der Waals surface area contributed by atoms with E-state index in [0.717, 1.165) is 12.3 Å². The van der Waals surface area contributed by atoms with Crippen molar-refractivity contribution in [1.29, 1.82) is 0 Å². The molecule has 0 aliphatic rings. The van der Waals surface area contributed by atoms with Crippen molar-refractivity contribution in [3.8, 4) is 0 Å². The van der Waals surface area contributed by atoms with Gasteiger partial charge in [0.15, 0.2) is 0 Å². The Morgan fingerprint density at radius 2 is 2.13 bits per heavy atom. The molecule has 1 aromatic rings. The summed E-state index contributed by atoms with van der Waals surface area (Å²) in [4.78, 5) is 0. The van der Waals surface area contributed by atoms with E-state index in [1.165, 1.54) is 23.2 Å². The molecule has 0 heterocycles. The normalized spacial score (nSPS) is 10.4. The number of hydrogen-bond donors (Lipinski definition) is 1. The van der Waals surface area contributed by atoms with E-state index in [9.17, 15) is 0 Å². The fourth-order valence-electron chi connectivity index (χ4n) is 1.60. The third-order valence-electron chi connectivity index (χ3n) is 2.51. The first-order valence-electron chi connectivity index (χ1n) is 5.60. The first-order valence-corrected chi connectivity index (χ1v) is 5.60. The first-order chi connectivity index (χ1) is 7.13. The molecule has 0 saturated carbocycles. The molecule has 0 aliphatic carbocycles. The first kappa shape index (κ1) is 11.8. The maximum Gasteiger partial charge on any atom is 0.0414 e. The molecule has 0 saturated heterocycles. The molecule has 0 bridgehead atoms. The molecule has 82 valence electrons. The van der Waals surface area contributed by atoms with E-state index < -0.39 is 0 Å². The van der Waals surface area contributed by atoms with Gasteiger partial charge in [0.25, 0.3) is 0 Å². The average molecular weight is 203 g/mol. The van der Waals surface area contributed by atoms with Crippen molar-refractivity contribution < 1.29 is 0 Å². The highest BCUT2D eigenvalue weighted by Crippen LogP contribution is 2.20. The Bertz CT molecular complexity index is 326. The second-order valence-electron chi connectivity index (χ2n) is 4.44. The van der Waals surface area contributed by atoms with Crippen LogP contribution in [0.4, 0.5) is 5.69 Å². The summed E-state index contributed by atoms with van der Waals surface area (Å²) in [6.07, 6.45) is 4.11. The second kappa shape index (κ2) is 5.59. The van der Waals surface area contributed by atoms with Crippen LogP contribution in [0.2, 0.25) is 0 Å². The molecule has 1 N–H and O–H groups in total. The molecular weight excluding hydrogens is 182 g/mol. The standard InChI is InChI=1S/C14H21N/c1-5-15-14-10-12(4)7-9-13(14)8-6-11(2)3/h5,7,9-11,15H,1,6,8H2,2-4H3. The average Bonchev–Trinajstić information content (AvgIpc) is 2.17. The number of nitrogens with one attached hydrogen (secondary N) is 1. The number of benzene rings is 1. The highest BCUT2D eigenvalue weighted by molar-refractivity contribution is 5.54. The lowest BCUT2D eigenvalue weighted by Crippen LogP contribution is -1.98. The van der Waals surface area contributed by atoms with Gasteiger partial charge in [-0.15, -0.1) is 0 Å². The summed E-state index contributed by atoms with van der Waals surface area (Å²) >= 11 is 0. The highest BCUT2D eigenvalue weighted by atomic mass is 14.8. The van der Waals surface area contributed by atoms with Crippen LogP contribution in [-0.2, 0) is 6.42 Å². The smallest absolute Gasteiger partial charge is 0.0414 e. The van der Waals surface area contributed by atoms with Crippen LogP contribution in [0.25, 0.3) is 0 Å². The highest BCUT2D eigenvalue weighted by Gasteiger charge is 2.02. The maximum atomic E-state index is 3.71. The fraction of sp³-hybridized carbons (Fsp3) is 0.429. The molecule has 0 fully saturated rings. The summed E-state index contributed by atoms with van der Waals surface area (Å²) in [6.45, 7) is 10.3. The van der Waals surface area contributed by atoms with E-state index >= 15 is 0 Å². The summed E-state index contributed by atoms with van der Waals surface area (Å²) in [6, 6.07) is 6.56. The summed E-state index contributed by atoms with van der Waals surface area (Å²) in [5, 5.41) is 3.20. The van der Waals surface area contributed by atoms with Crippen molar-refractivity contribution in [2.24, 2.45) is 5.92 Å².